The predicted octanol–water partition coefficient (Wildman–Crippen LogP) is 3.81. The highest BCUT2D eigenvalue weighted by Crippen LogP contribution is 2.32. The Labute approximate surface area is 132 Å². The maximum absolute atomic E-state index is 12.0. The lowest BCUT2D eigenvalue weighted by molar-refractivity contribution is 0.0600. The van der Waals surface area contributed by atoms with E-state index in [4.69, 9.17) is 4.74 Å². The monoisotopic (exact) mass is 300 g/mol. The van der Waals surface area contributed by atoms with Crippen molar-refractivity contribution in [1.82, 2.24) is 0 Å². The molecule has 1 aliphatic carbocycles. The Bertz CT molecular complexity index is 583. The highest BCUT2D eigenvalue weighted by atomic mass is 16.5. The Morgan fingerprint density at radius 2 is 2.05 bits per heavy atom. The van der Waals surface area contributed by atoms with Crippen LogP contribution in [0.4, 0.5) is 5.69 Å². The molecule has 0 radical (unpaired) electrons. The summed E-state index contributed by atoms with van der Waals surface area (Å²) < 4.78 is 4.86. The van der Waals surface area contributed by atoms with Crippen LogP contribution in [0.2, 0.25) is 0 Å². The van der Waals surface area contributed by atoms with Crippen molar-refractivity contribution in [3.05, 3.63) is 28.8 Å². The van der Waals surface area contributed by atoms with Gasteiger partial charge in [0.1, 0.15) is 0 Å². The molecule has 118 valence electrons. The molecular formula is C18H24N2O2. The van der Waals surface area contributed by atoms with Gasteiger partial charge in [0.15, 0.2) is 0 Å². The summed E-state index contributed by atoms with van der Waals surface area (Å²) in [6.45, 7) is 4.94. The number of ether oxygens (including phenoxy) is 1. The minimum atomic E-state index is -0.379. The first-order valence-electron chi connectivity index (χ1n) is 8.02. The SMILES string of the molecule is CCN(c1cc(C#N)cc(C(=O)OC)c1C)C1CCCCC1. The number of carbonyl (C=O) groups is 1. The summed E-state index contributed by atoms with van der Waals surface area (Å²) in [4.78, 5) is 14.3. The molecule has 2 rings (SSSR count). The number of anilines is 1. The maximum Gasteiger partial charge on any atom is 0.338 e. The molecule has 1 aromatic carbocycles. The first-order valence-corrected chi connectivity index (χ1v) is 8.02. The third-order valence-electron chi connectivity index (χ3n) is 4.58. The fourth-order valence-electron chi connectivity index (χ4n) is 3.40. The van der Waals surface area contributed by atoms with Gasteiger partial charge in [-0.3, -0.25) is 0 Å². The van der Waals surface area contributed by atoms with Gasteiger partial charge in [-0.15, -0.1) is 0 Å². The third kappa shape index (κ3) is 3.24. The summed E-state index contributed by atoms with van der Waals surface area (Å²) >= 11 is 0. The second-order valence-corrected chi connectivity index (χ2v) is 5.85. The highest BCUT2D eigenvalue weighted by Gasteiger charge is 2.24. The van der Waals surface area contributed by atoms with Gasteiger partial charge in [-0.05, 0) is 44.4 Å². The first kappa shape index (κ1) is 16.4. The molecule has 0 aliphatic heterocycles. The molecule has 1 fully saturated rings. The van der Waals surface area contributed by atoms with E-state index in [9.17, 15) is 10.1 Å². The summed E-state index contributed by atoms with van der Waals surface area (Å²) in [6, 6.07) is 6.19. The second kappa shape index (κ2) is 7.31. The van der Waals surface area contributed by atoms with Crippen molar-refractivity contribution in [3.63, 3.8) is 0 Å². The van der Waals surface area contributed by atoms with Crippen LogP contribution >= 0.6 is 0 Å². The van der Waals surface area contributed by atoms with Gasteiger partial charge in [0.2, 0.25) is 0 Å². The molecule has 0 N–H and O–H groups in total. The van der Waals surface area contributed by atoms with Gasteiger partial charge >= 0.3 is 5.97 Å². The minimum Gasteiger partial charge on any atom is -0.465 e. The number of rotatable bonds is 4. The van der Waals surface area contributed by atoms with Gasteiger partial charge in [0.25, 0.3) is 0 Å². The van der Waals surface area contributed by atoms with E-state index in [1.54, 1.807) is 6.07 Å². The zero-order valence-corrected chi connectivity index (χ0v) is 13.7. The van der Waals surface area contributed by atoms with E-state index in [2.05, 4.69) is 17.9 Å². The highest BCUT2D eigenvalue weighted by molar-refractivity contribution is 5.93. The van der Waals surface area contributed by atoms with E-state index >= 15 is 0 Å². The molecule has 0 spiro atoms. The lowest BCUT2D eigenvalue weighted by atomic mass is 9.92. The first-order chi connectivity index (χ1) is 10.6. The van der Waals surface area contributed by atoms with Crippen molar-refractivity contribution in [3.8, 4) is 6.07 Å². The fraction of sp³-hybridized carbons (Fsp3) is 0.556. The Morgan fingerprint density at radius 3 is 2.59 bits per heavy atom. The van der Waals surface area contributed by atoms with Gasteiger partial charge in [-0.25, -0.2) is 4.79 Å². The van der Waals surface area contributed by atoms with Crippen LogP contribution in [0.15, 0.2) is 12.1 Å². The molecule has 0 atom stereocenters. The number of methoxy groups -OCH3 is 1. The average Bonchev–Trinajstić information content (AvgIpc) is 2.57. The largest absolute Gasteiger partial charge is 0.465 e. The molecule has 1 aliphatic rings. The normalized spacial score (nSPS) is 15.2. The summed E-state index contributed by atoms with van der Waals surface area (Å²) in [6.07, 6.45) is 6.16. The molecule has 0 heterocycles. The third-order valence-corrected chi connectivity index (χ3v) is 4.58. The van der Waals surface area contributed by atoms with E-state index in [-0.39, 0.29) is 5.97 Å². The molecule has 1 aromatic rings. The number of nitriles is 1. The molecule has 0 bridgehead atoms. The Balaban J connectivity index is 2.47. The van der Waals surface area contributed by atoms with Crippen LogP contribution in [0.1, 0.15) is 60.5 Å². The molecular weight excluding hydrogens is 276 g/mol. The van der Waals surface area contributed by atoms with Crippen LogP contribution in [-0.2, 0) is 4.74 Å². The zero-order valence-electron chi connectivity index (χ0n) is 13.7. The smallest absolute Gasteiger partial charge is 0.338 e. The van der Waals surface area contributed by atoms with E-state index in [0.717, 1.165) is 17.8 Å². The van der Waals surface area contributed by atoms with Gasteiger partial charge in [-0.2, -0.15) is 5.26 Å². The molecule has 0 unspecified atom stereocenters. The summed E-state index contributed by atoms with van der Waals surface area (Å²) in [5.74, 6) is -0.379. The fourth-order valence-corrected chi connectivity index (χ4v) is 3.40. The second-order valence-electron chi connectivity index (χ2n) is 5.85. The van der Waals surface area contributed by atoms with Gasteiger partial charge in [0.05, 0.1) is 24.3 Å². The lowest BCUT2D eigenvalue weighted by Crippen LogP contribution is -2.37. The molecule has 22 heavy (non-hydrogen) atoms. The molecule has 0 saturated heterocycles. The van der Waals surface area contributed by atoms with E-state index < -0.39 is 0 Å². The van der Waals surface area contributed by atoms with Crippen LogP contribution in [0.25, 0.3) is 0 Å². The van der Waals surface area contributed by atoms with Crippen molar-refractivity contribution in [1.29, 1.82) is 5.26 Å². The predicted molar refractivity (Wildman–Crippen MR) is 87.1 cm³/mol. The van der Waals surface area contributed by atoms with Crippen LogP contribution < -0.4 is 4.90 Å². The summed E-state index contributed by atoms with van der Waals surface area (Å²) in [5, 5.41) is 9.28. The molecule has 4 heteroatoms. The van der Waals surface area contributed by atoms with E-state index in [1.807, 2.05) is 13.0 Å². The number of benzene rings is 1. The van der Waals surface area contributed by atoms with Crippen molar-refractivity contribution >= 4 is 11.7 Å². The Morgan fingerprint density at radius 1 is 1.36 bits per heavy atom. The topological polar surface area (TPSA) is 53.3 Å². The molecule has 4 nitrogen and oxygen atoms in total. The van der Waals surface area contributed by atoms with Gasteiger partial charge < -0.3 is 9.64 Å². The number of hydrogen-bond acceptors (Lipinski definition) is 4. The van der Waals surface area contributed by atoms with Crippen LogP contribution in [0.5, 0.6) is 0 Å². The molecule has 1 saturated carbocycles. The van der Waals surface area contributed by atoms with E-state index in [0.29, 0.717) is 17.2 Å². The minimum absolute atomic E-state index is 0.379. The van der Waals surface area contributed by atoms with Crippen LogP contribution in [0, 0.1) is 18.3 Å². The lowest BCUT2D eigenvalue weighted by Gasteiger charge is -2.36. The molecule has 0 aromatic heterocycles. The Hall–Kier alpha value is -2.02. The van der Waals surface area contributed by atoms with Crippen molar-refractivity contribution in [2.45, 2.75) is 52.0 Å². The van der Waals surface area contributed by atoms with Crippen molar-refractivity contribution in [2.75, 3.05) is 18.6 Å². The summed E-state index contributed by atoms with van der Waals surface area (Å²) in [7, 11) is 1.37. The standard InChI is InChI=1S/C18H24N2O2/c1-4-20(15-8-6-5-7-9-15)17-11-14(12-19)10-16(13(17)2)18(21)22-3/h10-11,15H,4-9H2,1-3H3. The van der Waals surface area contributed by atoms with Crippen molar-refractivity contribution in [2.24, 2.45) is 0 Å². The quantitative estimate of drug-likeness (QED) is 0.793. The van der Waals surface area contributed by atoms with Gasteiger partial charge in [0, 0.05) is 18.3 Å². The van der Waals surface area contributed by atoms with Crippen LogP contribution in [0.3, 0.4) is 0 Å². The zero-order chi connectivity index (χ0) is 16.1. The van der Waals surface area contributed by atoms with Gasteiger partial charge in [-0.1, -0.05) is 19.3 Å². The average molecular weight is 300 g/mol. The number of nitrogens with zero attached hydrogens (tertiary/aromatic N) is 2. The number of esters is 1. The maximum atomic E-state index is 12.0. The summed E-state index contributed by atoms with van der Waals surface area (Å²) in [5.41, 5.74) is 2.90. The van der Waals surface area contributed by atoms with E-state index in [1.165, 1.54) is 39.2 Å². The Kier molecular flexibility index (Phi) is 5.43. The number of hydrogen-bond donors (Lipinski definition) is 0. The number of carbonyl (C=O) groups excluding carboxylic acids is 1. The molecule has 0 amide bonds. The van der Waals surface area contributed by atoms with Crippen LogP contribution in [-0.4, -0.2) is 25.7 Å². The van der Waals surface area contributed by atoms with Crippen molar-refractivity contribution < 1.29 is 9.53 Å².